The first-order valence-electron chi connectivity index (χ1n) is 5.84. The van der Waals surface area contributed by atoms with Gasteiger partial charge in [-0.25, -0.2) is 9.78 Å². The maximum absolute atomic E-state index is 11.0. The Morgan fingerprint density at radius 2 is 2.16 bits per heavy atom. The number of carboxylic acids is 1. The average Bonchev–Trinajstić information content (AvgIpc) is 2.71. The second-order valence-corrected chi connectivity index (χ2v) is 5.40. The monoisotopic (exact) mass is 277 g/mol. The zero-order valence-electron chi connectivity index (χ0n) is 11.1. The summed E-state index contributed by atoms with van der Waals surface area (Å²) >= 11 is 1.22. The van der Waals surface area contributed by atoms with Gasteiger partial charge in [0.25, 0.3) is 0 Å². The molecule has 19 heavy (non-hydrogen) atoms. The van der Waals surface area contributed by atoms with Crippen molar-refractivity contribution in [2.24, 2.45) is 0 Å². The van der Waals surface area contributed by atoms with Crippen molar-refractivity contribution >= 4 is 17.3 Å². The van der Waals surface area contributed by atoms with Crippen LogP contribution in [0.4, 0.5) is 0 Å². The van der Waals surface area contributed by atoms with E-state index in [4.69, 9.17) is 9.84 Å². The van der Waals surface area contributed by atoms with Crippen LogP contribution in [0.25, 0.3) is 0 Å². The van der Waals surface area contributed by atoms with Gasteiger partial charge in [-0.2, -0.15) is 0 Å². The lowest BCUT2D eigenvalue weighted by atomic mass is 10.1. The van der Waals surface area contributed by atoms with E-state index < -0.39 is 5.97 Å². The van der Waals surface area contributed by atoms with Crippen LogP contribution in [0, 0.1) is 13.8 Å². The Labute approximate surface area is 115 Å². The maximum Gasteiger partial charge on any atom is 0.347 e. The third kappa shape index (κ3) is 2.93. The summed E-state index contributed by atoms with van der Waals surface area (Å²) in [6.07, 6.45) is 0.587. The van der Waals surface area contributed by atoms with Crippen LogP contribution in [0.1, 0.15) is 31.5 Å². The molecule has 0 bridgehead atoms. The summed E-state index contributed by atoms with van der Waals surface area (Å²) in [5.74, 6) is -0.118. The molecule has 0 amide bonds. The lowest BCUT2D eigenvalue weighted by Crippen LogP contribution is -1.94. The fourth-order valence-corrected chi connectivity index (χ4v) is 2.86. The van der Waals surface area contributed by atoms with E-state index in [2.05, 4.69) is 4.98 Å². The molecule has 1 aromatic carbocycles. The molecule has 0 atom stereocenters. The fraction of sp³-hybridized carbons (Fsp3) is 0.286. The molecule has 0 spiro atoms. The second kappa shape index (κ2) is 5.40. The topological polar surface area (TPSA) is 59.4 Å². The third-order valence-corrected chi connectivity index (χ3v) is 3.96. The Kier molecular flexibility index (Phi) is 3.85. The van der Waals surface area contributed by atoms with Gasteiger partial charge in [-0.05, 0) is 19.9 Å². The van der Waals surface area contributed by atoms with Crippen molar-refractivity contribution in [3.8, 4) is 5.75 Å². The van der Waals surface area contributed by atoms with Gasteiger partial charge in [0.15, 0.2) is 0 Å². The molecule has 1 heterocycles. The number of aryl methyl sites for hydroxylation is 2. The number of hydrogen-bond acceptors (Lipinski definition) is 4. The Hall–Kier alpha value is -1.88. The van der Waals surface area contributed by atoms with Crippen LogP contribution in [-0.2, 0) is 6.42 Å². The van der Waals surface area contributed by atoms with Gasteiger partial charge in [-0.15, -0.1) is 11.3 Å². The molecule has 0 unspecified atom stereocenters. The van der Waals surface area contributed by atoms with Crippen LogP contribution in [0.15, 0.2) is 18.2 Å². The molecule has 0 fully saturated rings. The molecular weight excluding hydrogens is 262 g/mol. The predicted molar refractivity (Wildman–Crippen MR) is 74.3 cm³/mol. The highest BCUT2D eigenvalue weighted by Crippen LogP contribution is 2.26. The van der Waals surface area contributed by atoms with Crippen molar-refractivity contribution in [3.05, 3.63) is 44.9 Å². The van der Waals surface area contributed by atoms with Gasteiger partial charge >= 0.3 is 5.97 Å². The van der Waals surface area contributed by atoms with Gasteiger partial charge in [0.2, 0.25) is 0 Å². The van der Waals surface area contributed by atoms with Crippen LogP contribution in [0.2, 0.25) is 0 Å². The molecule has 0 radical (unpaired) electrons. The number of carbonyl (C=O) groups is 1. The largest absolute Gasteiger partial charge is 0.496 e. The molecule has 0 saturated carbocycles. The van der Waals surface area contributed by atoms with Crippen LogP contribution in [0.3, 0.4) is 0 Å². The third-order valence-electron chi connectivity index (χ3n) is 2.81. The summed E-state index contributed by atoms with van der Waals surface area (Å²) in [4.78, 5) is 15.6. The number of methoxy groups -OCH3 is 1. The maximum atomic E-state index is 11.0. The minimum absolute atomic E-state index is 0.307. The molecule has 100 valence electrons. The van der Waals surface area contributed by atoms with E-state index in [0.29, 0.717) is 17.0 Å². The standard InChI is InChI=1S/C14H15NO3S/c1-8-4-5-11(18-3)10(6-8)7-12-15-9(2)13(19-12)14(16)17/h4-6H,7H2,1-3H3,(H,16,17). The summed E-state index contributed by atoms with van der Waals surface area (Å²) in [5, 5.41) is 9.83. The summed E-state index contributed by atoms with van der Waals surface area (Å²) in [7, 11) is 1.63. The van der Waals surface area contributed by atoms with Crippen LogP contribution in [0.5, 0.6) is 5.75 Å². The number of nitrogens with zero attached hydrogens (tertiary/aromatic N) is 1. The zero-order chi connectivity index (χ0) is 14.0. The quantitative estimate of drug-likeness (QED) is 0.933. The highest BCUT2D eigenvalue weighted by molar-refractivity contribution is 7.13. The van der Waals surface area contributed by atoms with Crippen molar-refractivity contribution in [2.45, 2.75) is 20.3 Å². The second-order valence-electron chi connectivity index (χ2n) is 4.32. The summed E-state index contributed by atoms with van der Waals surface area (Å²) in [6.45, 7) is 3.73. The normalized spacial score (nSPS) is 10.5. The van der Waals surface area contributed by atoms with Gasteiger partial charge in [0.05, 0.1) is 17.8 Å². The number of thiazole rings is 1. The predicted octanol–water partition coefficient (Wildman–Crippen LogP) is 3.06. The van der Waals surface area contributed by atoms with E-state index in [1.807, 2.05) is 25.1 Å². The van der Waals surface area contributed by atoms with Crippen LogP contribution >= 0.6 is 11.3 Å². The van der Waals surface area contributed by atoms with Crippen molar-refractivity contribution in [2.75, 3.05) is 7.11 Å². The number of aromatic nitrogens is 1. The molecule has 0 aliphatic heterocycles. The van der Waals surface area contributed by atoms with Gasteiger partial charge in [0, 0.05) is 12.0 Å². The van der Waals surface area contributed by atoms with Gasteiger partial charge in [0.1, 0.15) is 10.6 Å². The average molecular weight is 277 g/mol. The molecule has 2 rings (SSSR count). The number of carboxylic acid groups (broad SMARTS) is 1. The van der Waals surface area contributed by atoms with Crippen molar-refractivity contribution in [3.63, 3.8) is 0 Å². The van der Waals surface area contributed by atoms with E-state index in [-0.39, 0.29) is 0 Å². The Balaban J connectivity index is 2.33. The molecule has 0 aliphatic carbocycles. The Morgan fingerprint density at radius 3 is 2.74 bits per heavy atom. The molecule has 0 aliphatic rings. The Bertz CT molecular complexity index is 619. The lowest BCUT2D eigenvalue weighted by molar-refractivity contribution is 0.0701. The highest BCUT2D eigenvalue weighted by atomic mass is 32.1. The smallest absolute Gasteiger partial charge is 0.347 e. The van der Waals surface area contributed by atoms with Crippen LogP contribution < -0.4 is 4.74 Å². The van der Waals surface area contributed by atoms with Crippen molar-refractivity contribution in [1.29, 1.82) is 0 Å². The first kappa shape index (κ1) is 13.5. The lowest BCUT2D eigenvalue weighted by Gasteiger charge is -2.07. The summed E-state index contributed by atoms with van der Waals surface area (Å²) in [5.41, 5.74) is 2.73. The fourth-order valence-electron chi connectivity index (χ4n) is 1.93. The number of benzene rings is 1. The zero-order valence-corrected chi connectivity index (χ0v) is 11.9. The highest BCUT2D eigenvalue weighted by Gasteiger charge is 2.15. The number of ether oxygens (including phenoxy) is 1. The number of aromatic carboxylic acids is 1. The molecule has 5 heteroatoms. The SMILES string of the molecule is COc1ccc(C)cc1Cc1nc(C)c(C(=O)O)s1. The van der Waals surface area contributed by atoms with Crippen molar-refractivity contribution in [1.82, 2.24) is 4.98 Å². The van der Waals surface area contributed by atoms with Gasteiger partial charge in [-0.1, -0.05) is 17.7 Å². The molecule has 2 aromatic rings. The van der Waals surface area contributed by atoms with E-state index in [1.54, 1.807) is 14.0 Å². The first-order valence-corrected chi connectivity index (χ1v) is 6.66. The van der Waals surface area contributed by atoms with Gasteiger partial charge < -0.3 is 9.84 Å². The molecule has 1 N–H and O–H groups in total. The van der Waals surface area contributed by atoms with E-state index in [9.17, 15) is 4.79 Å². The van der Waals surface area contributed by atoms with E-state index in [0.717, 1.165) is 21.9 Å². The van der Waals surface area contributed by atoms with Crippen LogP contribution in [-0.4, -0.2) is 23.2 Å². The minimum atomic E-state index is -0.919. The molecular formula is C14H15NO3S. The number of rotatable bonds is 4. The molecule has 1 aromatic heterocycles. The Morgan fingerprint density at radius 1 is 1.42 bits per heavy atom. The van der Waals surface area contributed by atoms with Gasteiger partial charge in [-0.3, -0.25) is 0 Å². The minimum Gasteiger partial charge on any atom is -0.496 e. The molecule has 0 saturated heterocycles. The molecule has 4 nitrogen and oxygen atoms in total. The summed E-state index contributed by atoms with van der Waals surface area (Å²) in [6, 6.07) is 5.94. The van der Waals surface area contributed by atoms with E-state index in [1.165, 1.54) is 11.3 Å². The first-order chi connectivity index (χ1) is 9.01. The number of hydrogen-bond donors (Lipinski definition) is 1. The van der Waals surface area contributed by atoms with Crippen molar-refractivity contribution < 1.29 is 14.6 Å². The summed E-state index contributed by atoms with van der Waals surface area (Å²) < 4.78 is 5.32. The van der Waals surface area contributed by atoms with E-state index >= 15 is 0 Å².